The summed E-state index contributed by atoms with van der Waals surface area (Å²) in [6, 6.07) is 0.0333. The third kappa shape index (κ3) is 8.01. The second-order valence-electron chi connectivity index (χ2n) is 3.73. The number of hydrogen-bond acceptors (Lipinski definition) is 3. The van der Waals surface area contributed by atoms with Gasteiger partial charge in [0, 0.05) is 6.04 Å². The Morgan fingerprint density at radius 1 is 1.43 bits per heavy atom. The highest BCUT2D eigenvalue weighted by Gasteiger charge is 2.08. The van der Waals surface area contributed by atoms with Crippen LogP contribution >= 0.6 is 0 Å². The van der Waals surface area contributed by atoms with Crippen LogP contribution < -0.4 is 10.6 Å². The SMILES string of the molecule is CCCNCC(=O)NC(C)CC(C)O. The van der Waals surface area contributed by atoms with Crippen LogP contribution in [-0.2, 0) is 4.79 Å². The van der Waals surface area contributed by atoms with Gasteiger partial charge in [0.1, 0.15) is 0 Å². The molecule has 4 heteroatoms. The second-order valence-corrected chi connectivity index (χ2v) is 3.73. The monoisotopic (exact) mass is 202 g/mol. The average Bonchev–Trinajstić information content (AvgIpc) is 2.02. The first-order valence-corrected chi connectivity index (χ1v) is 5.24. The van der Waals surface area contributed by atoms with Crippen molar-refractivity contribution >= 4 is 5.91 Å². The molecule has 4 nitrogen and oxygen atoms in total. The van der Waals surface area contributed by atoms with Crippen molar-refractivity contribution in [3.05, 3.63) is 0 Å². The van der Waals surface area contributed by atoms with E-state index in [-0.39, 0.29) is 18.1 Å². The molecule has 0 radical (unpaired) electrons. The molecule has 0 bridgehead atoms. The van der Waals surface area contributed by atoms with Gasteiger partial charge in [-0.15, -0.1) is 0 Å². The third-order valence-corrected chi connectivity index (χ3v) is 1.81. The van der Waals surface area contributed by atoms with E-state index in [0.717, 1.165) is 13.0 Å². The maximum absolute atomic E-state index is 11.3. The van der Waals surface area contributed by atoms with Gasteiger partial charge >= 0.3 is 0 Å². The van der Waals surface area contributed by atoms with E-state index in [1.807, 2.05) is 6.92 Å². The van der Waals surface area contributed by atoms with E-state index in [9.17, 15) is 4.79 Å². The fourth-order valence-corrected chi connectivity index (χ4v) is 1.28. The summed E-state index contributed by atoms with van der Waals surface area (Å²) in [4.78, 5) is 11.3. The molecule has 0 aromatic carbocycles. The molecule has 0 heterocycles. The van der Waals surface area contributed by atoms with Gasteiger partial charge in [-0.05, 0) is 33.2 Å². The Hall–Kier alpha value is -0.610. The van der Waals surface area contributed by atoms with E-state index in [1.54, 1.807) is 6.92 Å². The molecule has 14 heavy (non-hydrogen) atoms. The zero-order chi connectivity index (χ0) is 11.0. The summed E-state index contributed by atoms with van der Waals surface area (Å²) in [7, 11) is 0. The molecular weight excluding hydrogens is 180 g/mol. The Morgan fingerprint density at radius 3 is 2.57 bits per heavy atom. The number of rotatable bonds is 7. The lowest BCUT2D eigenvalue weighted by molar-refractivity contribution is -0.120. The van der Waals surface area contributed by atoms with Crippen molar-refractivity contribution in [2.24, 2.45) is 0 Å². The number of amides is 1. The minimum Gasteiger partial charge on any atom is -0.393 e. The first-order chi connectivity index (χ1) is 6.56. The zero-order valence-corrected chi connectivity index (χ0v) is 9.34. The fraction of sp³-hybridized carbons (Fsp3) is 0.900. The molecule has 0 fully saturated rings. The fourth-order valence-electron chi connectivity index (χ4n) is 1.28. The van der Waals surface area contributed by atoms with Gasteiger partial charge in [0.05, 0.1) is 12.6 Å². The van der Waals surface area contributed by atoms with Gasteiger partial charge in [-0.25, -0.2) is 0 Å². The minimum absolute atomic E-state index is 0.00778. The van der Waals surface area contributed by atoms with Gasteiger partial charge in [-0.1, -0.05) is 6.92 Å². The molecule has 2 unspecified atom stereocenters. The van der Waals surface area contributed by atoms with Crippen LogP contribution in [0.15, 0.2) is 0 Å². The Morgan fingerprint density at radius 2 is 2.07 bits per heavy atom. The first kappa shape index (κ1) is 13.4. The molecule has 3 N–H and O–H groups in total. The second kappa shape index (κ2) is 7.76. The van der Waals surface area contributed by atoms with E-state index in [2.05, 4.69) is 17.6 Å². The number of aliphatic hydroxyl groups excluding tert-OH is 1. The highest BCUT2D eigenvalue weighted by atomic mass is 16.3. The molecule has 0 aromatic heterocycles. The lowest BCUT2D eigenvalue weighted by Crippen LogP contribution is -2.40. The molecule has 2 atom stereocenters. The Balaban J connectivity index is 3.50. The first-order valence-electron chi connectivity index (χ1n) is 5.24. The summed E-state index contributed by atoms with van der Waals surface area (Å²) >= 11 is 0. The van der Waals surface area contributed by atoms with Crippen LogP contribution in [0.3, 0.4) is 0 Å². The van der Waals surface area contributed by atoms with E-state index >= 15 is 0 Å². The van der Waals surface area contributed by atoms with Crippen LogP contribution in [0.1, 0.15) is 33.6 Å². The highest BCUT2D eigenvalue weighted by Crippen LogP contribution is 1.95. The van der Waals surface area contributed by atoms with Gasteiger partial charge in [0.25, 0.3) is 0 Å². The molecule has 0 aliphatic rings. The summed E-state index contributed by atoms with van der Waals surface area (Å²) in [6.45, 7) is 6.89. The Kier molecular flexibility index (Phi) is 7.42. The lowest BCUT2D eigenvalue weighted by Gasteiger charge is -2.15. The van der Waals surface area contributed by atoms with Gasteiger partial charge < -0.3 is 15.7 Å². The average molecular weight is 202 g/mol. The predicted octanol–water partition coefficient (Wildman–Crippen LogP) is 0.262. The van der Waals surface area contributed by atoms with E-state index in [1.165, 1.54) is 0 Å². The van der Waals surface area contributed by atoms with Gasteiger partial charge in [-0.2, -0.15) is 0 Å². The minimum atomic E-state index is -0.367. The summed E-state index contributed by atoms with van der Waals surface area (Å²) in [5.41, 5.74) is 0. The number of aliphatic hydroxyl groups is 1. The van der Waals surface area contributed by atoms with Crippen LogP contribution in [0.2, 0.25) is 0 Å². The normalized spacial score (nSPS) is 14.9. The van der Waals surface area contributed by atoms with Crippen molar-refractivity contribution < 1.29 is 9.90 Å². The van der Waals surface area contributed by atoms with Crippen LogP contribution in [0, 0.1) is 0 Å². The zero-order valence-electron chi connectivity index (χ0n) is 9.34. The molecule has 0 aromatic rings. The third-order valence-electron chi connectivity index (χ3n) is 1.81. The topological polar surface area (TPSA) is 61.4 Å². The number of hydrogen-bond donors (Lipinski definition) is 3. The number of carbonyl (C=O) groups excluding carboxylic acids is 1. The van der Waals surface area contributed by atoms with Crippen LogP contribution in [0.4, 0.5) is 0 Å². The smallest absolute Gasteiger partial charge is 0.234 e. The van der Waals surface area contributed by atoms with Crippen molar-refractivity contribution in [2.45, 2.75) is 45.8 Å². The van der Waals surface area contributed by atoms with Crippen LogP contribution in [0.5, 0.6) is 0 Å². The molecule has 0 rings (SSSR count). The Bertz CT molecular complexity index is 160. The van der Waals surface area contributed by atoms with E-state index in [0.29, 0.717) is 13.0 Å². The maximum atomic E-state index is 11.3. The molecule has 0 aliphatic heterocycles. The van der Waals surface area contributed by atoms with Crippen molar-refractivity contribution in [1.82, 2.24) is 10.6 Å². The summed E-state index contributed by atoms with van der Waals surface area (Å²) in [5, 5.41) is 14.9. The quantitative estimate of drug-likeness (QED) is 0.519. The molecule has 0 aliphatic carbocycles. The molecule has 0 spiro atoms. The number of nitrogens with one attached hydrogen (secondary N) is 2. The van der Waals surface area contributed by atoms with E-state index < -0.39 is 0 Å². The van der Waals surface area contributed by atoms with Gasteiger partial charge in [0.15, 0.2) is 0 Å². The van der Waals surface area contributed by atoms with Crippen molar-refractivity contribution in [1.29, 1.82) is 0 Å². The molecule has 0 saturated heterocycles. The molecule has 1 amide bonds. The molecular formula is C10H22N2O2. The summed E-state index contributed by atoms with van der Waals surface area (Å²) in [5.74, 6) is -0.00778. The van der Waals surface area contributed by atoms with Gasteiger partial charge in [0.2, 0.25) is 5.91 Å². The van der Waals surface area contributed by atoms with Crippen LogP contribution in [-0.4, -0.2) is 36.2 Å². The lowest BCUT2D eigenvalue weighted by atomic mass is 10.1. The standard InChI is InChI=1S/C10H22N2O2/c1-4-5-11-7-10(14)12-8(2)6-9(3)13/h8-9,11,13H,4-7H2,1-3H3,(H,12,14). The maximum Gasteiger partial charge on any atom is 0.234 e. The van der Waals surface area contributed by atoms with Crippen molar-refractivity contribution in [2.75, 3.05) is 13.1 Å². The highest BCUT2D eigenvalue weighted by molar-refractivity contribution is 5.78. The largest absolute Gasteiger partial charge is 0.393 e. The van der Waals surface area contributed by atoms with Crippen molar-refractivity contribution in [3.8, 4) is 0 Å². The summed E-state index contributed by atoms with van der Waals surface area (Å²) < 4.78 is 0. The summed E-state index contributed by atoms with van der Waals surface area (Å²) in [6.07, 6.45) is 1.25. The van der Waals surface area contributed by atoms with Crippen molar-refractivity contribution in [3.63, 3.8) is 0 Å². The van der Waals surface area contributed by atoms with Gasteiger partial charge in [-0.3, -0.25) is 4.79 Å². The van der Waals surface area contributed by atoms with E-state index in [4.69, 9.17) is 5.11 Å². The molecule has 0 saturated carbocycles. The van der Waals surface area contributed by atoms with Crippen LogP contribution in [0.25, 0.3) is 0 Å². The predicted molar refractivity (Wildman–Crippen MR) is 57.1 cm³/mol. The number of carbonyl (C=O) groups is 1. The Labute approximate surface area is 86.1 Å². The molecule has 84 valence electrons.